The SMILES string of the molecule is Cc1[nH]c2ccccc2c1[C@H]1[C@H](CC(=O)N(Cc2ccccc2F)C2(C(=O)Nc3ccc(N(C)C)cc3)CCCC2)C1(C)C. The van der Waals surface area contributed by atoms with E-state index >= 15 is 4.39 Å². The number of nitrogens with one attached hydrogen (secondary N) is 2. The van der Waals surface area contributed by atoms with Crippen LogP contribution in [0.5, 0.6) is 0 Å². The van der Waals surface area contributed by atoms with Crippen molar-refractivity contribution in [2.24, 2.45) is 11.3 Å². The van der Waals surface area contributed by atoms with Crippen molar-refractivity contribution in [2.45, 2.75) is 70.9 Å². The van der Waals surface area contributed by atoms with Crippen LogP contribution in [0.1, 0.15) is 68.7 Å². The summed E-state index contributed by atoms with van der Waals surface area (Å²) in [6, 6.07) is 22.6. The molecule has 0 bridgehead atoms. The van der Waals surface area contributed by atoms with Gasteiger partial charge in [-0.15, -0.1) is 0 Å². The quantitative estimate of drug-likeness (QED) is 0.208. The second kappa shape index (κ2) is 11.4. The van der Waals surface area contributed by atoms with Crippen molar-refractivity contribution in [1.29, 1.82) is 0 Å². The van der Waals surface area contributed by atoms with Crippen molar-refractivity contribution in [2.75, 3.05) is 24.3 Å². The third-order valence-electron chi connectivity index (χ3n) is 10.3. The molecule has 0 radical (unpaired) electrons. The number of carbonyl (C=O) groups excluding carboxylic acids is 2. The summed E-state index contributed by atoms with van der Waals surface area (Å²) in [5.74, 6) is -0.336. The van der Waals surface area contributed by atoms with Gasteiger partial charge in [-0.25, -0.2) is 4.39 Å². The summed E-state index contributed by atoms with van der Waals surface area (Å²) in [6.45, 7) is 6.62. The first-order valence-electron chi connectivity index (χ1n) is 15.7. The van der Waals surface area contributed by atoms with Crippen LogP contribution >= 0.6 is 0 Å². The molecule has 2 aliphatic rings. The Morgan fingerprint density at radius 3 is 2.30 bits per heavy atom. The number of nitrogens with zero attached hydrogens (tertiary/aromatic N) is 2. The molecule has 2 fully saturated rings. The summed E-state index contributed by atoms with van der Waals surface area (Å²) in [6.07, 6.45) is 3.07. The number of fused-ring (bicyclic) bond motifs is 1. The molecular formula is C37H43FN4O2. The Morgan fingerprint density at radius 2 is 1.61 bits per heavy atom. The van der Waals surface area contributed by atoms with Gasteiger partial charge in [-0.1, -0.05) is 63.1 Å². The minimum atomic E-state index is -1.05. The first kappa shape index (κ1) is 29.9. The van der Waals surface area contributed by atoms with E-state index in [0.717, 1.165) is 29.7 Å². The number of rotatable bonds is 9. The van der Waals surface area contributed by atoms with E-state index in [0.29, 0.717) is 30.5 Å². The topological polar surface area (TPSA) is 68.4 Å². The number of amides is 2. The van der Waals surface area contributed by atoms with Crippen molar-refractivity contribution < 1.29 is 14.0 Å². The molecule has 4 aromatic rings. The standard InChI is InChI=1S/C37H43FN4O2/c1-24-33(28-13-7-9-15-31(28)39-24)34-29(36(34,2)3)22-32(43)42(23-25-12-6-8-14-30(25)38)37(20-10-11-21-37)35(44)40-26-16-18-27(19-17-26)41(4)5/h6-9,12-19,29,34,39H,10-11,20-23H2,1-5H3,(H,40,44)/t29-,34+/m0/s1. The number of halogens is 1. The zero-order valence-corrected chi connectivity index (χ0v) is 26.4. The number of H-pyrrole nitrogens is 1. The molecule has 2 saturated carbocycles. The zero-order valence-electron chi connectivity index (χ0n) is 26.4. The van der Waals surface area contributed by atoms with Gasteiger partial charge in [0.2, 0.25) is 11.8 Å². The zero-order chi connectivity index (χ0) is 31.2. The van der Waals surface area contributed by atoms with E-state index in [1.165, 1.54) is 17.0 Å². The monoisotopic (exact) mass is 594 g/mol. The molecule has 7 heteroatoms. The van der Waals surface area contributed by atoms with Gasteiger partial charge in [0.05, 0.1) is 0 Å². The predicted octanol–water partition coefficient (Wildman–Crippen LogP) is 7.79. The lowest BCUT2D eigenvalue weighted by atomic mass is 9.91. The van der Waals surface area contributed by atoms with Gasteiger partial charge in [-0.2, -0.15) is 0 Å². The van der Waals surface area contributed by atoms with E-state index in [-0.39, 0.29) is 41.4 Å². The molecular weight excluding hydrogens is 551 g/mol. The number of aromatic nitrogens is 1. The normalized spacial score (nSPS) is 20.0. The molecule has 2 aliphatic carbocycles. The summed E-state index contributed by atoms with van der Waals surface area (Å²) in [4.78, 5) is 36.0. The van der Waals surface area contributed by atoms with Gasteiger partial charge < -0.3 is 20.1 Å². The molecule has 230 valence electrons. The Balaban J connectivity index is 1.32. The molecule has 6 rings (SSSR count). The third kappa shape index (κ3) is 5.27. The number of para-hydroxylation sites is 1. The van der Waals surface area contributed by atoms with Crippen molar-refractivity contribution in [3.63, 3.8) is 0 Å². The third-order valence-corrected chi connectivity index (χ3v) is 10.3. The molecule has 0 aliphatic heterocycles. The summed E-state index contributed by atoms with van der Waals surface area (Å²) in [5.41, 5.74) is 4.51. The molecule has 0 spiro atoms. The molecule has 6 nitrogen and oxygen atoms in total. The van der Waals surface area contributed by atoms with Crippen LogP contribution < -0.4 is 10.2 Å². The lowest BCUT2D eigenvalue weighted by Gasteiger charge is -2.40. The molecule has 3 aromatic carbocycles. The Labute approximate surface area is 259 Å². The maximum Gasteiger partial charge on any atom is 0.250 e. The van der Waals surface area contributed by atoms with Gasteiger partial charge in [-0.05, 0) is 79.0 Å². The molecule has 2 atom stereocenters. The smallest absolute Gasteiger partial charge is 0.250 e. The Hall–Kier alpha value is -4.13. The number of hydrogen-bond acceptors (Lipinski definition) is 3. The number of carbonyl (C=O) groups is 2. The lowest BCUT2D eigenvalue weighted by Crippen LogP contribution is -2.57. The van der Waals surface area contributed by atoms with E-state index in [4.69, 9.17) is 0 Å². The Bertz CT molecular complexity index is 1680. The number of benzene rings is 3. The number of hydrogen-bond donors (Lipinski definition) is 2. The van der Waals surface area contributed by atoms with E-state index < -0.39 is 5.54 Å². The van der Waals surface area contributed by atoms with E-state index in [1.807, 2.05) is 49.3 Å². The van der Waals surface area contributed by atoms with Crippen molar-refractivity contribution >= 4 is 34.1 Å². The molecule has 1 heterocycles. The fourth-order valence-electron chi connectivity index (χ4n) is 7.64. The average molecular weight is 595 g/mol. The molecule has 0 unspecified atom stereocenters. The van der Waals surface area contributed by atoms with Crippen LogP contribution in [-0.2, 0) is 16.1 Å². The van der Waals surface area contributed by atoms with Crippen LogP contribution in [0.3, 0.4) is 0 Å². The second-order valence-corrected chi connectivity index (χ2v) is 13.5. The maximum atomic E-state index is 15.1. The van der Waals surface area contributed by atoms with Gasteiger partial charge in [0.15, 0.2) is 0 Å². The maximum absolute atomic E-state index is 15.1. The molecule has 2 amide bonds. The van der Waals surface area contributed by atoms with E-state index in [1.54, 1.807) is 23.1 Å². The summed E-state index contributed by atoms with van der Waals surface area (Å²) >= 11 is 0. The first-order chi connectivity index (χ1) is 21.0. The van der Waals surface area contributed by atoms with Gasteiger partial charge in [0.25, 0.3) is 0 Å². The summed E-state index contributed by atoms with van der Waals surface area (Å²) in [5, 5.41) is 4.32. The van der Waals surface area contributed by atoms with Gasteiger partial charge >= 0.3 is 0 Å². The van der Waals surface area contributed by atoms with Crippen molar-refractivity contribution in [3.05, 3.63) is 95.4 Å². The lowest BCUT2D eigenvalue weighted by molar-refractivity contribution is -0.146. The predicted molar refractivity (Wildman–Crippen MR) is 175 cm³/mol. The average Bonchev–Trinajstić information content (AvgIpc) is 3.35. The highest BCUT2D eigenvalue weighted by Crippen LogP contribution is 2.67. The Kier molecular flexibility index (Phi) is 7.76. The van der Waals surface area contributed by atoms with Gasteiger partial charge in [0.1, 0.15) is 11.4 Å². The highest BCUT2D eigenvalue weighted by atomic mass is 19.1. The summed E-state index contributed by atoms with van der Waals surface area (Å²) in [7, 11) is 3.94. The van der Waals surface area contributed by atoms with Crippen LogP contribution in [0.4, 0.5) is 15.8 Å². The highest BCUT2D eigenvalue weighted by molar-refractivity contribution is 6.01. The summed E-state index contributed by atoms with van der Waals surface area (Å²) < 4.78 is 15.1. The van der Waals surface area contributed by atoms with Crippen LogP contribution in [0.2, 0.25) is 0 Å². The fourth-order valence-corrected chi connectivity index (χ4v) is 7.64. The molecule has 0 saturated heterocycles. The fraction of sp³-hybridized carbons (Fsp3) is 0.405. The molecule has 2 N–H and O–H groups in total. The minimum Gasteiger partial charge on any atom is -0.378 e. The number of aromatic amines is 1. The number of anilines is 2. The van der Waals surface area contributed by atoms with E-state index in [2.05, 4.69) is 49.3 Å². The van der Waals surface area contributed by atoms with Crippen LogP contribution in [0.25, 0.3) is 10.9 Å². The molecule has 44 heavy (non-hydrogen) atoms. The highest BCUT2D eigenvalue weighted by Gasteiger charge is 2.60. The first-order valence-corrected chi connectivity index (χ1v) is 15.7. The van der Waals surface area contributed by atoms with Crippen LogP contribution in [0, 0.1) is 24.1 Å². The number of aryl methyl sites for hydroxylation is 1. The van der Waals surface area contributed by atoms with Crippen LogP contribution in [-0.4, -0.2) is 41.3 Å². The van der Waals surface area contributed by atoms with Gasteiger partial charge in [-0.3, -0.25) is 9.59 Å². The van der Waals surface area contributed by atoms with E-state index in [9.17, 15) is 9.59 Å². The minimum absolute atomic E-state index is 0.0580. The van der Waals surface area contributed by atoms with Crippen molar-refractivity contribution in [3.8, 4) is 0 Å². The largest absolute Gasteiger partial charge is 0.378 e. The molecule has 1 aromatic heterocycles. The van der Waals surface area contributed by atoms with Gasteiger partial charge in [0, 0.05) is 60.6 Å². The van der Waals surface area contributed by atoms with Crippen molar-refractivity contribution in [1.82, 2.24) is 9.88 Å². The van der Waals surface area contributed by atoms with Crippen LogP contribution in [0.15, 0.2) is 72.8 Å². The Morgan fingerprint density at radius 1 is 0.955 bits per heavy atom. The second-order valence-electron chi connectivity index (χ2n) is 13.5.